The zero-order valence-corrected chi connectivity index (χ0v) is 12.7. The fourth-order valence-electron chi connectivity index (χ4n) is 3.26. The molecule has 0 saturated carbocycles. The van der Waals surface area contributed by atoms with E-state index in [9.17, 15) is 0 Å². The van der Waals surface area contributed by atoms with E-state index in [1.165, 1.54) is 16.7 Å². The number of hydrogen-bond donors (Lipinski definition) is 1. The Bertz CT molecular complexity index is 450. The van der Waals surface area contributed by atoms with E-state index in [1.54, 1.807) is 7.11 Å². The van der Waals surface area contributed by atoms with Crippen molar-refractivity contribution in [2.75, 3.05) is 20.8 Å². The summed E-state index contributed by atoms with van der Waals surface area (Å²) in [4.78, 5) is 0. The monoisotopic (exact) mass is 263 g/mol. The highest BCUT2D eigenvalue weighted by Crippen LogP contribution is 2.42. The van der Waals surface area contributed by atoms with Crippen molar-refractivity contribution < 1.29 is 9.47 Å². The Morgan fingerprint density at radius 2 is 2.11 bits per heavy atom. The molecule has 1 aliphatic heterocycles. The summed E-state index contributed by atoms with van der Waals surface area (Å²) in [5.41, 5.74) is 3.56. The number of likely N-dealkylation sites (N-methyl/N-ethyl adjacent to an activating group) is 1. The first-order valence-electron chi connectivity index (χ1n) is 6.98. The number of hydrogen-bond acceptors (Lipinski definition) is 3. The first-order valence-corrected chi connectivity index (χ1v) is 6.98. The Kier molecular flexibility index (Phi) is 4.16. The molecule has 1 N–H and O–H groups in total. The van der Waals surface area contributed by atoms with E-state index in [2.05, 4.69) is 38.2 Å². The third-order valence-electron chi connectivity index (χ3n) is 4.15. The van der Waals surface area contributed by atoms with E-state index in [1.807, 2.05) is 7.05 Å². The van der Waals surface area contributed by atoms with Gasteiger partial charge in [0.2, 0.25) is 0 Å². The summed E-state index contributed by atoms with van der Waals surface area (Å²) in [6, 6.07) is 4.47. The lowest BCUT2D eigenvalue weighted by atomic mass is 9.84. The SMILES string of the molecule is CNC(c1c(C)cc(C)cc1OC)C1(C)CCCO1. The predicted molar refractivity (Wildman–Crippen MR) is 77.9 cm³/mol. The topological polar surface area (TPSA) is 30.5 Å². The molecule has 2 atom stereocenters. The molecule has 0 aromatic heterocycles. The second-order valence-electron chi connectivity index (χ2n) is 5.68. The molecule has 1 saturated heterocycles. The van der Waals surface area contributed by atoms with E-state index in [-0.39, 0.29) is 11.6 Å². The maximum atomic E-state index is 6.01. The number of nitrogens with one attached hydrogen (secondary N) is 1. The lowest BCUT2D eigenvalue weighted by Crippen LogP contribution is -2.40. The van der Waals surface area contributed by atoms with Crippen LogP contribution >= 0.6 is 0 Å². The lowest BCUT2D eigenvalue weighted by molar-refractivity contribution is -0.0112. The summed E-state index contributed by atoms with van der Waals surface area (Å²) in [7, 11) is 3.73. The van der Waals surface area contributed by atoms with Crippen LogP contribution in [-0.4, -0.2) is 26.4 Å². The fourth-order valence-corrected chi connectivity index (χ4v) is 3.26. The summed E-state index contributed by atoms with van der Waals surface area (Å²) in [6.45, 7) is 7.29. The largest absolute Gasteiger partial charge is 0.496 e. The van der Waals surface area contributed by atoms with Crippen molar-refractivity contribution in [1.82, 2.24) is 5.32 Å². The first-order chi connectivity index (χ1) is 9.01. The van der Waals surface area contributed by atoms with E-state index < -0.39 is 0 Å². The van der Waals surface area contributed by atoms with Gasteiger partial charge in [-0.3, -0.25) is 0 Å². The van der Waals surface area contributed by atoms with Crippen LogP contribution in [0, 0.1) is 13.8 Å². The normalized spacial score (nSPS) is 24.5. The first kappa shape index (κ1) is 14.4. The van der Waals surface area contributed by atoms with Crippen LogP contribution in [0.15, 0.2) is 12.1 Å². The fraction of sp³-hybridized carbons (Fsp3) is 0.625. The second kappa shape index (κ2) is 5.51. The second-order valence-corrected chi connectivity index (χ2v) is 5.68. The van der Waals surface area contributed by atoms with Crippen LogP contribution in [0.3, 0.4) is 0 Å². The summed E-state index contributed by atoms with van der Waals surface area (Å²) in [6.07, 6.45) is 2.21. The van der Waals surface area contributed by atoms with Crippen LogP contribution < -0.4 is 10.1 Å². The third kappa shape index (κ3) is 2.63. The van der Waals surface area contributed by atoms with Crippen molar-refractivity contribution in [2.24, 2.45) is 0 Å². The standard InChI is InChI=1S/C16H25NO2/c1-11-9-12(2)14(13(10-11)18-5)15(17-4)16(3)7-6-8-19-16/h9-10,15,17H,6-8H2,1-5H3. The van der Waals surface area contributed by atoms with Gasteiger partial charge in [0.05, 0.1) is 18.8 Å². The van der Waals surface area contributed by atoms with Gasteiger partial charge in [0.1, 0.15) is 5.75 Å². The lowest BCUT2D eigenvalue weighted by Gasteiger charge is -2.35. The Balaban J connectivity index is 2.48. The van der Waals surface area contributed by atoms with Crippen molar-refractivity contribution in [1.29, 1.82) is 0 Å². The zero-order chi connectivity index (χ0) is 14.0. The van der Waals surface area contributed by atoms with Gasteiger partial charge in [-0.25, -0.2) is 0 Å². The molecule has 0 bridgehead atoms. The number of ether oxygens (including phenoxy) is 2. The van der Waals surface area contributed by atoms with Gasteiger partial charge in [0.25, 0.3) is 0 Å². The summed E-state index contributed by atoms with van der Waals surface area (Å²) in [5.74, 6) is 0.952. The Labute approximate surface area is 116 Å². The molecule has 0 aliphatic carbocycles. The molecule has 1 aromatic carbocycles. The molecule has 1 aromatic rings. The minimum atomic E-state index is -0.151. The van der Waals surface area contributed by atoms with Crippen LogP contribution in [0.4, 0.5) is 0 Å². The van der Waals surface area contributed by atoms with Crippen molar-refractivity contribution in [3.05, 3.63) is 28.8 Å². The average molecular weight is 263 g/mol. The van der Waals surface area contributed by atoms with E-state index in [0.29, 0.717) is 0 Å². The summed E-state index contributed by atoms with van der Waals surface area (Å²) >= 11 is 0. The maximum Gasteiger partial charge on any atom is 0.124 e. The van der Waals surface area contributed by atoms with Gasteiger partial charge in [-0.2, -0.15) is 0 Å². The molecule has 0 spiro atoms. The third-order valence-corrected chi connectivity index (χ3v) is 4.15. The number of methoxy groups -OCH3 is 1. The van der Waals surface area contributed by atoms with Gasteiger partial charge in [-0.1, -0.05) is 6.07 Å². The number of rotatable bonds is 4. The van der Waals surface area contributed by atoms with Gasteiger partial charge in [0.15, 0.2) is 0 Å². The molecule has 3 heteroatoms. The number of benzene rings is 1. The van der Waals surface area contributed by atoms with Crippen LogP contribution in [0.5, 0.6) is 5.75 Å². The van der Waals surface area contributed by atoms with E-state index in [4.69, 9.17) is 9.47 Å². The molecule has 1 fully saturated rings. The quantitative estimate of drug-likeness (QED) is 0.905. The molecule has 0 amide bonds. The molecule has 19 heavy (non-hydrogen) atoms. The highest BCUT2D eigenvalue weighted by Gasteiger charge is 2.40. The maximum absolute atomic E-state index is 6.01. The van der Waals surface area contributed by atoms with Crippen LogP contribution in [0.25, 0.3) is 0 Å². The van der Waals surface area contributed by atoms with Crippen LogP contribution in [0.1, 0.15) is 42.5 Å². The van der Waals surface area contributed by atoms with E-state index >= 15 is 0 Å². The van der Waals surface area contributed by atoms with Gasteiger partial charge in [-0.15, -0.1) is 0 Å². The van der Waals surface area contributed by atoms with Gasteiger partial charge >= 0.3 is 0 Å². The van der Waals surface area contributed by atoms with Crippen molar-refractivity contribution >= 4 is 0 Å². The molecule has 1 aliphatic rings. The highest BCUT2D eigenvalue weighted by molar-refractivity contribution is 5.46. The average Bonchev–Trinajstić information content (AvgIpc) is 2.80. The van der Waals surface area contributed by atoms with Crippen molar-refractivity contribution in [3.8, 4) is 5.75 Å². The Morgan fingerprint density at radius 1 is 1.37 bits per heavy atom. The summed E-state index contributed by atoms with van der Waals surface area (Å²) in [5, 5.41) is 3.43. The smallest absolute Gasteiger partial charge is 0.124 e. The molecule has 0 radical (unpaired) electrons. The van der Waals surface area contributed by atoms with Crippen LogP contribution in [0.2, 0.25) is 0 Å². The minimum absolute atomic E-state index is 0.151. The zero-order valence-electron chi connectivity index (χ0n) is 12.7. The predicted octanol–water partition coefficient (Wildman–Crippen LogP) is 3.14. The molecule has 2 rings (SSSR count). The Hall–Kier alpha value is -1.06. The Morgan fingerprint density at radius 3 is 2.63 bits per heavy atom. The van der Waals surface area contributed by atoms with Crippen molar-refractivity contribution in [2.45, 2.75) is 45.3 Å². The van der Waals surface area contributed by atoms with E-state index in [0.717, 1.165) is 25.2 Å². The van der Waals surface area contributed by atoms with Crippen LogP contribution in [-0.2, 0) is 4.74 Å². The number of aryl methyl sites for hydroxylation is 2. The van der Waals surface area contributed by atoms with Gasteiger partial charge in [-0.05, 0) is 57.9 Å². The highest BCUT2D eigenvalue weighted by atomic mass is 16.5. The van der Waals surface area contributed by atoms with Crippen molar-refractivity contribution in [3.63, 3.8) is 0 Å². The molecule has 3 nitrogen and oxygen atoms in total. The molecule has 1 heterocycles. The van der Waals surface area contributed by atoms with Gasteiger partial charge < -0.3 is 14.8 Å². The molecular formula is C16H25NO2. The molecule has 2 unspecified atom stereocenters. The summed E-state index contributed by atoms with van der Waals surface area (Å²) < 4.78 is 11.6. The molecule has 106 valence electrons. The minimum Gasteiger partial charge on any atom is -0.496 e. The van der Waals surface area contributed by atoms with Gasteiger partial charge in [0, 0.05) is 12.2 Å². The molecular weight excluding hydrogens is 238 g/mol.